The third-order valence-corrected chi connectivity index (χ3v) is 5.79. The van der Waals surface area contributed by atoms with Crippen LogP contribution in [0.1, 0.15) is 43.7 Å². The van der Waals surface area contributed by atoms with Gasteiger partial charge in [-0.2, -0.15) is 5.26 Å². The van der Waals surface area contributed by atoms with Gasteiger partial charge in [0.15, 0.2) is 0 Å². The number of hydrogen-bond acceptors (Lipinski definition) is 5. The molecule has 1 aliphatic rings. The van der Waals surface area contributed by atoms with Gasteiger partial charge in [-0.25, -0.2) is 9.97 Å². The van der Waals surface area contributed by atoms with E-state index in [-0.39, 0.29) is 39.7 Å². The molecule has 6 nitrogen and oxygen atoms in total. The highest BCUT2D eigenvalue weighted by molar-refractivity contribution is 6.31. The predicted octanol–water partition coefficient (Wildman–Crippen LogP) is 4.27. The Morgan fingerprint density at radius 3 is 2.39 bits per heavy atom. The van der Waals surface area contributed by atoms with Crippen LogP contribution in [0.25, 0.3) is 0 Å². The molecule has 1 saturated carbocycles. The monoisotopic (exact) mass is 418 g/mol. The molecule has 1 aromatic heterocycles. The van der Waals surface area contributed by atoms with Crippen LogP contribution < -0.4 is 10.1 Å². The summed E-state index contributed by atoms with van der Waals surface area (Å²) in [5.74, 6) is 0.277. The van der Waals surface area contributed by atoms with Crippen molar-refractivity contribution in [3.05, 3.63) is 52.0 Å². The van der Waals surface area contributed by atoms with E-state index in [0.717, 1.165) is 0 Å². The summed E-state index contributed by atoms with van der Waals surface area (Å²) in [6.07, 6.45) is 2.52. The quantitative estimate of drug-likeness (QED) is 0.800. The number of carbonyl (C=O) groups excluding carboxylic acids is 1. The van der Waals surface area contributed by atoms with Crippen LogP contribution >= 0.6 is 23.2 Å². The van der Waals surface area contributed by atoms with Crippen LogP contribution in [0.15, 0.2) is 30.6 Å². The molecule has 1 amide bonds. The van der Waals surface area contributed by atoms with Gasteiger partial charge in [0, 0.05) is 22.9 Å². The van der Waals surface area contributed by atoms with E-state index in [9.17, 15) is 4.79 Å². The number of aromatic nitrogens is 2. The standard InChI is InChI=1S/C20H20Cl2N4O2/c1-19(2)17(26-16(27)14-9-25-15(22)10-24-14)20(3,4)18(19)28-12-6-5-11(8-23)13(21)7-12/h5-7,9-10,17-18H,1-4H3,(H,26,27)/t17-,18-. The number of nitrogens with zero attached hydrogens (tertiary/aromatic N) is 3. The van der Waals surface area contributed by atoms with Crippen LogP contribution in [0.5, 0.6) is 5.75 Å². The van der Waals surface area contributed by atoms with Crippen molar-refractivity contribution in [2.45, 2.75) is 39.8 Å². The van der Waals surface area contributed by atoms with Crippen molar-refractivity contribution in [2.75, 3.05) is 0 Å². The Balaban J connectivity index is 1.76. The Labute approximate surface area is 173 Å². The zero-order valence-corrected chi connectivity index (χ0v) is 17.5. The van der Waals surface area contributed by atoms with Crippen LogP contribution in [0, 0.1) is 22.2 Å². The molecule has 1 N–H and O–H groups in total. The van der Waals surface area contributed by atoms with Crippen LogP contribution in [0.3, 0.4) is 0 Å². The fourth-order valence-electron chi connectivity index (χ4n) is 4.23. The van der Waals surface area contributed by atoms with Gasteiger partial charge in [-0.3, -0.25) is 4.79 Å². The van der Waals surface area contributed by atoms with Crippen molar-refractivity contribution >= 4 is 29.1 Å². The van der Waals surface area contributed by atoms with Crippen molar-refractivity contribution in [3.63, 3.8) is 0 Å². The van der Waals surface area contributed by atoms with Gasteiger partial charge < -0.3 is 10.1 Å². The number of amides is 1. The molecule has 0 unspecified atom stereocenters. The molecule has 1 heterocycles. The molecule has 1 aromatic carbocycles. The highest BCUT2D eigenvalue weighted by Crippen LogP contribution is 2.55. The molecule has 0 bridgehead atoms. The van der Waals surface area contributed by atoms with Gasteiger partial charge in [-0.15, -0.1) is 0 Å². The first-order chi connectivity index (χ1) is 13.1. The average molecular weight is 419 g/mol. The molecular weight excluding hydrogens is 399 g/mol. The summed E-state index contributed by atoms with van der Waals surface area (Å²) < 4.78 is 6.20. The maximum atomic E-state index is 12.6. The highest BCUT2D eigenvalue weighted by Gasteiger charge is 2.64. The van der Waals surface area contributed by atoms with E-state index >= 15 is 0 Å². The van der Waals surface area contributed by atoms with Crippen molar-refractivity contribution < 1.29 is 9.53 Å². The number of carbonyl (C=O) groups is 1. The number of nitriles is 1. The lowest BCUT2D eigenvalue weighted by Crippen LogP contribution is -2.74. The van der Waals surface area contributed by atoms with Crippen molar-refractivity contribution in [1.29, 1.82) is 5.26 Å². The van der Waals surface area contributed by atoms with Gasteiger partial charge in [0.25, 0.3) is 5.91 Å². The van der Waals surface area contributed by atoms with Gasteiger partial charge in [0.05, 0.1) is 23.0 Å². The third-order valence-electron chi connectivity index (χ3n) is 5.28. The van der Waals surface area contributed by atoms with Crippen molar-refractivity contribution in [1.82, 2.24) is 15.3 Å². The molecular formula is C20H20Cl2N4O2. The fourth-order valence-corrected chi connectivity index (χ4v) is 4.54. The lowest BCUT2D eigenvalue weighted by molar-refractivity contribution is -0.164. The molecule has 0 saturated heterocycles. The minimum atomic E-state index is -0.348. The van der Waals surface area contributed by atoms with E-state index in [0.29, 0.717) is 16.3 Å². The first-order valence-electron chi connectivity index (χ1n) is 8.72. The Bertz CT molecular complexity index is 936. The lowest BCUT2D eigenvalue weighted by Gasteiger charge is -2.63. The minimum absolute atomic E-state index is 0.149. The first-order valence-corrected chi connectivity index (χ1v) is 9.47. The van der Waals surface area contributed by atoms with Crippen molar-refractivity contribution in [2.24, 2.45) is 10.8 Å². The molecule has 146 valence electrons. The molecule has 0 spiro atoms. The molecule has 8 heteroatoms. The molecule has 2 aromatic rings. The first kappa shape index (κ1) is 20.4. The van der Waals surface area contributed by atoms with E-state index in [1.54, 1.807) is 18.2 Å². The Kier molecular flexibility index (Phi) is 5.26. The molecule has 0 radical (unpaired) electrons. The van der Waals surface area contributed by atoms with Crippen LogP contribution in [0.4, 0.5) is 0 Å². The van der Waals surface area contributed by atoms with Crippen LogP contribution in [-0.2, 0) is 0 Å². The second kappa shape index (κ2) is 7.23. The summed E-state index contributed by atoms with van der Waals surface area (Å²) in [5.41, 5.74) is -0.0895. The average Bonchev–Trinajstić information content (AvgIpc) is 2.64. The molecule has 1 aliphatic carbocycles. The van der Waals surface area contributed by atoms with Gasteiger partial charge in [-0.1, -0.05) is 50.9 Å². The van der Waals surface area contributed by atoms with Gasteiger partial charge in [0.1, 0.15) is 28.8 Å². The highest BCUT2D eigenvalue weighted by atomic mass is 35.5. The van der Waals surface area contributed by atoms with E-state index in [1.807, 2.05) is 33.8 Å². The third kappa shape index (κ3) is 3.52. The van der Waals surface area contributed by atoms with Gasteiger partial charge >= 0.3 is 0 Å². The minimum Gasteiger partial charge on any atom is -0.489 e. The lowest BCUT2D eigenvalue weighted by atomic mass is 9.49. The molecule has 0 atom stereocenters. The number of rotatable bonds is 4. The zero-order valence-electron chi connectivity index (χ0n) is 16.0. The molecule has 1 fully saturated rings. The molecule has 0 aliphatic heterocycles. The summed E-state index contributed by atoms with van der Waals surface area (Å²) in [6, 6.07) is 6.88. The van der Waals surface area contributed by atoms with Gasteiger partial charge in [-0.05, 0) is 12.1 Å². The second-order valence-electron chi connectivity index (χ2n) is 8.02. The number of nitrogens with one attached hydrogen (secondary N) is 1. The molecule has 28 heavy (non-hydrogen) atoms. The normalized spacial score (nSPS) is 21.9. The number of halogens is 2. The maximum Gasteiger partial charge on any atom is 0.271 e. The Hall–Kier alpha value is -2.36. The predicted molar refractivity (Wildman–Crippen MR) is 106 cm³/mol. The largest absolute Gasteiger partial charge is 0.489 e. The summed E-state index contributed by atoms with van der Waals surface area (Å²) in [4.78, 5) is 20.5. The summed E-state index contributed by atoms with van der Waals surface area (Å²) in [7, 11) is 0. The fraction of sp³-hybridized carbons (Fsp3) is 0.400. The van der Waals surface area contributed by atoms with E-state index in [2.05, 4.69) is 15.3 Å². The van der Waals surface area contributed by atoms with E-state index < -0.39 is 0 Å². The van der Waals surface area contributed by atoms with Crippen LogP contribution in [-0.4, -0.2) is 28.0 Å². The summed E-state index contributed by atoms with van der Waals surface area (Å²) in [6.45, 7) is 8.14. The van der Waals surface area contributed by atoms with E-state index in [1.165, 1.54) is 12.4 Å². The Morgan fingerprint density at radius 2 is 1.86 bits per heavy atom. The molecule has 3 rings (SSSR count). The maximum absolute atomic E-state index is 12.6. The number of ether oxygens (including phenoxy) is 1. The number of hydrogen-bond donors (Lipinski definition) is 1. The second-order valence-corrected chi connectivity index (χ2v) is 8.82. The smallest absolute Gasteiger partial charge is 0.271 e. The van der Waals surface area contributed by atoms with Crippen molar-refractivity contribution in [3.8, 4) is 11.8 Å². The number of benzene rings is 1. The van der Waals surface area contributed by atoms with Gasteiger partial charge in [0.2, 0.25) is 0 Å². The topological polar surface area (TPSA) is 87.9 Å². The summed E-state index contributed by atoms with van der Waals surface area (Å²) in [5, 5.41) is 12.6. The SMILES string of the molecule is CC1(C)[C@H](NC(=O)c2cnc(Cl)cn2)C(C)(C)[C@H]1Oc1ccc(C#N)c(Cl)c1. The van der Waals surface area contributed by atoms with Crippen LogP contribution in [0.2, 0.25) is 10.2 Å². The summed E-state index contributed by atoms with van der Waals surface area (Å²) >= 11 is 11.8. The van der Waals surface area contributed by atoms with E-state index in [4.69, 9.17) is 33.2 Å². The Morgan fingerprint density at radius 1 is 1.18 bits per heavy atom. The zero-order chi connectivity index (χ0) is 20.7.